The fraction of sp³-hybridized carbons (Fsp3) is 0.500. The highest BCUT2D eigenvalue weighted by Gasteiger charge is 2.37. The second-order valence-corrected chi connectivity index (χ2v) is 7.34. The van der Waals surface area contributed by atoms with Crippen molar-refractivity contribution in [3.63, 3.8) is 0 Å². The van der Waals surface area contributed by atoms with Gasteiger partial charge in [0.15, 0.2) is 0 Å². The molecule has 1 aliphatic rings. The first kappa shape index (κ1) is 15.3. The van der Waals surface area contributed by atoms with Crippen LogP contribution in [0.25, 0.3) is 0 Å². The molecule has 0 saturated carbocycles. The fourth-order valence-corrected chi connectivity index (χ4v) is 4.67. The Bertz CT molecular complexity index is 563. The second-order valence-electron chi connectivity index (χ2n) is 5.45. The lowest BCUT2D eigenvalue weighted by molar-refractivity contribution is 0.317. The molecule has 2 rings (SSSR count). The van der Waals surface area contributed by atoms with Crippen molar-refractivity contribution in [3.05, 3.63) is 42.5 Å². The van der Waals surface area contributed by atoms with Gasteiger partial charge in [-0.15, -0.1) is 6.58 Å². The second kappa shape index (κ2) is 6.10. The van der Waals surface area contributed by atoms with E-state index in [9.17, 15) is 8.42 Å². The van der Waals surface area contributed by atoms with Crippen LogP contribution in [0.15, 0.2) is 41.8 Å². The van der Waals surface area contributed by atoms with E-state index in [1.165, 1.54) is 0 Å². The van der Waals surface area contributed by atoms with E-state index in [2.05, 4.69) is 13.5 Å². The van der Waals surface area contributed by atoms with Gasteiger partial charge >= 0.3 is 0 Å². The van der Waals surface area contributed by atoms with Crippen molar-refractivity contribution >= 4 is 10.0 Å². The third-order valence-electron chi connectivity index (χ3n) is 4.14. The van der Waals surface area contributed by atoms with Gasteiger partial charge in [0.05, 0.1) is 4.90 Å². The van der Waals surface area contributed by atoms with Crippen molar-refractivity contribution in [2.24, 2.45) is 5.92 Å². The highest BCUT2D eigenvalue weighted by molar-refractivity contribution is 7.89. The molecule has 1 heterocycles. The summed E-state index contributed by atoms with van der Waals surface area (Å²) in [7, 11) is -3.38. The lowest BCUT2D eigenvalue weighted by Crippen LogP contribution is -2.39. The molecule has 1 saturated heterocycles. The molecule has 1 aromatic carbocycles. The standard InChI is InChI=1S/C16H23NO2S/c1-4-14(5-2)16-7-6-12-17(16)20(18,19)15-10-8-13(3)9-11-15/h4,8-11,14,16H,1,5-7,12H2,2-3H3/t14-,16-/m0/s1. The number of nitrogens with zero attached hydrogens (tertiary/aromatic N) is 1. The average molecular weight is 293 g/mol. The van der Waals surface area contributed by atoms with Crippen LogP contribution in [0.4, 0.5) is 0 Å². The molecule has 20 heavy (non-hydrogen) atoms. The van der Waals surface area contributed by atoms with E-state index in [0.717, 1.165) is 24.8 Å². The zero-order valence-corrected chi connectivity index (χ0v) is 13.1. The van der Waals surface area contributed by atoms with Gasteiger partial charge in [-0.2, -0.15) is 4.31 Å². The lowest BCUT2D eigenvalue weighted by Gasteiger charge is -2.28. The summed E-state index contributed by atoms with van der Waals surface area (Å²) in [5, 5.41) is 0. The van der Waals surface area contributed by atoms with Gasteiger partial charge in [-0.3, -0.25) is 0 Å². The molecule has 0 bridgehead atoms. The lowest BCUT2D eigenvalue weighted by atomic mass is 9.96. The Balaban J connectivity index is 2.33. The van der Waals surface area contributed by atoms with Crippen LogP contribution in [0.3, 0.4) is 0 Å². The number of sulfonamides is 1. The van der Waals surface area contributed by atoms with Crippen LogP contribution in [-0.4, -0.2) is 25.3 Å². The smallest absolute Gasteiger partial charge is 0.207 e. The maximum absolute atomic E-state index is 12.8. The van der Waals surface area contributed by atoms with Crippen molar-refractivity contribution in [1.29, 1.82) is 0 Å². The van der Waals surface area contributed by atoms with Crippen LogP contribution in [0.5, 0.6) is 0 Å². The van der Waals surface area contributed by atoms with Gasteiger partial charge in [0.2, 0.25) is 10.0 Å². The van der Waals surface area contributed by atoms with Crippen molar-refractivity contribution in [2.75, 3.05) is 6.54 Å². The summed E-state index contributed by atoms with van der Waals surface area (Å²) in [6.45, 7) is 8.51. The minimum absolute atomic E-state index is 0.0591. The van der Waals surface area contributed by atoms with Crippen LogP contribution >= 0.6 is 0 Å². The van der Waals surface area contributed by atoms with Crippen LogP contribution in [0, 0.1) is 12.8 Å². The minimum atomic E-state index is -3.38. The molecule has 0 amide bonds. The first-order chi connectivity index (χ1) is 9.50. The maximum Gasteiger partial charge on any atom is 0.243 e. The van der Waals surface area contributed by atoms with E-state index < -0.39 is 10.0 Å². The van der Waals surface area contributed by atoms with Gasteiger partial charge in [0.25, 0.3) is 0 Å². The molecule has 110 valence electrons. The summed E-state index contributed by atoms with van der Waals surface area (Å²) < 4.78 is 27.2. The summed E-state index contributed by atoms with van der Waals surface area (Å²) >= 11 is 0. The van der Waals surface area contributed by atoms with E-state index in [1.54, 1.807) is 16.4 Å². The van der Waals surface area contributed by atoms with E-state index in [-0.39, 0.29) is 12.0 Å². The molecule has 0 unspecified atom stereocenters. The Kier molecular flexibility index (Phi) is 4.66. The van der Waals surface area contributed by atoms with E-state index in [4.69, 9.17) is 0 Å². The molecule has 3 nitrogen and oxygen atoms in total. The zero-order valence-electron chi connectivity index (χ0n) is 12.2. The Morgan fingerprint density at radius 2 is 2.05 bits per heavy atom. The topological polar surface area (TPSA) is 37.4 Å². The summed E-state index contributed by atoms with van der Waals surface area (Å²) in [4.78, 5) is 0.397. The number of benzene rings is 1. The quantitative estimate of drug-likeness (QED) is 0.781. The van der Waals surface area contributed by atoms with Gasteiger partial charge < -0.3 is 0 Å². The van der Waals surface area contributed by atoms with Crippen molar-refractivity contribution in [1.82, 2.24) is 4.31 Å². The highest BCUT2D eigenvalue weighted by atomic mass is 32.2. The molecule has 0 aromatic heterocycles. The number of aryl methyl sites for hydroxylation is 1. The van der Waals surface area contributed by atoms with Crippen LogP contribution in [-0.2, 0) is 10.0 Å². The van der Waals surface area contributed by atoms with Crippen LogP contribution in [0.1, 0.15) is 31.7 Å². The summed E-state index contributed by atoms with van der Waals surface area (Å²) in [6.07, 6.45) is 4.68. The molecule has 0 radical (unpaired) electrons. The van der Waals surface area contributed by atoms with Gasteiger partial charge in [0, 0.05) is 12.6 Å². The van der Waals surface area contributed by atoms with Crippen LogP contribution < -0.4 is 0 Å². The molecular formula is C16H23NO2S. The van der Waals surface area contributed by atoms with Gasteiger partial charge in [-0.05, 0) is 44.2 Å². The molecule has 0 N–H and O–H groups in total. The molecule has 4 heteroatoms. The SMILES string of the molecule is C=C[C@@H](CC)[C@@H]1CCCN1S(=O)(=O)c1ccc(C)cc1. The fourth-order valence-electron chi connectivity index (χ4n) is 2.93. The minimum Gasteiger partial charge on any atom is -0.207 e. The molecular weight excluding hydrogens is 270 g/mol. The summed E-state index contributed by atoms with van der Waals surface area (Å²) in [5.41, 5.74) is 1.07. The molecule has 1 fully saturated rings. The van der Waals surface area contributed by atoms with E-state index in [1.807, 2.05) is 25.1 Å². The first-order valence-electron chi connectivity index (χ1n) is 7.21. The monoisotopic (exact) mass is 293 g/mol. The summed E-state index contributed by atoms with van der Waals surface area (Å²) in [5.74, 6) is 0.234. The third-order valence-corrected chi connectivity index (χ3v) is 6.08. The van der Waals surface area contributed by atoms with Crippen LogP contribution in [0.2, 0.25) is 0 Å². The molecule has 1 aromatic rings. The van der Waals surface area contributed by atoms with Crippen molar-refractivity contribution < 1.29 is 8.42 Å². The third kappa shape index (κ3) is 2.81. The Morgan fingerprint density at radius 3 is 2.60 bits per heavy atom. The predicted octanol–water partition coefficient (Wildman–Crippen LogP) is 3.36. The number of hydrogen-bond acceptors (Lipinski definition) is 2. The number of rotatable bonds is 5. The molecule has 0 spiro atoms. The van der Waals surface area contributed by atoms with Gasteiger partial charge in [0.1, 0.15) is 0 Å². The average Bonchev–Trinajstić information content (AvgIpc) is 2.91. The highest BCUT2D eigenvalue weighted by Crippen LogP contribution is 2.32. The molecule has 0 aliphatic carbocycles. The van der Waals surface area contributed by atoms with Crippen molar-refractivity contribution in [3.8, 4) is 0 Å². The van der Waals surface area contributed by atoms with E-state index >= 15 is 0 Å². The molecule has 1 aliphatic heterocycles. The van der Waals surface area contributed by atoms with Gasteiger partial charge in [-0.25, -0.2) is 8.42 Å². The largest absolute Gasteiger partial charge is 0.243 e. The maximum atomic E-state index is 12.8. The Hall–Kier alpha value is -1.13. The zero-order chi connectivity index (χ0) is 14.8. The molecule has 2 atom stereocenters. The Morgan fingerprint density at radius 1 is 1.40 bits per heavy atom. The van der Waals surface area contributed by atoms with E-state index in [0.29, 0.717) is 11.4 Å². The van der Waals surface area contributed by atoms with Gasteiger partial charge in [-0.1, -0.05) is 30.7 Å². The predicted molar refractivity (Wildman–Crippen MR) is 82.1 cm³/mol. The number of hydrogen-bond donors (Lipinski definition) is 0. The first-order valence-corrected chi connectivity index (χ1v) is 8.65. The van der Waals surface area contributed by atoms with Crippen molar-refractivity contribution in [2.45, 2.75) is 44.0 Å². The summed E-state index contributed by atoms with van der Waals surface area (Å²) in [6, 6.07) is 7.17. The Labute approximate surface area is 122 Å². The normalized spacial score (nSPS) is 21.8.